The molecule has 0 bridgehead atoms. The van der Waals surface area contributed by atoms with Gasteiger partial charge in [0.15, 0.2) is 0 Å². The second kappa shape index (κ2) is 2.75. The number of nitrogens with zero attached hydrogens (tertiary/aromatic N) is 1. The van der Waals surface area contributed by atoms with Crippen LogP contribution < -0.4 is 0 Å². The van der Waals surface area contributed by atoms with Crippen LogP contribution in [0.4, 0.5) is 13.2 Å². The lowest BCUT2D eigenvalue weighted by atomic mass is 11.6. The van der Waals surface area contributed by atoms with Crippen LogP contribution in [-0.4, -0.2) is 15.8 Å². The summed E-state index contributed by atoms with van der Waals surface area (Å²) in [5, 5.41) is 0. The molecule has 0 aliphatic carbocycles. The van der Waals surface area contributed by atoms with Crippen molar-refractivity contribution in [3.8, 4) is 0 Å². The topological polar surface area (TPSA) is 46.5 Å². The van der Waals surface area contributed by atoms with E-state index in [9.17, 15) is 17.4 Å². The number of halogens is 3. The first-order chi connectivity index (χ1) is 3.98. The SMILES string of the molecule is O=C=NS(=O)C(F)(F)F. The molecule has 0 aromatic heterocycles. The van der Waals surface area contributed by atoms with Gasteiger partial charge in [-0.2, -0.15) is 13.2 Å². The molecule has 0 amide bonds. The van der Waals surface area contributed by atoms with Gasteiger partial charge in [0.1, 0.15) is 0 Å². The van der Waals surface area contributed by atoms with Crippen molar-refractivity contribution in [1.82, 2.24) is 0 Å². The summed E-state index contributed by atoms with van der Waals surface area (Å²) in [4.78, 5) is 9.08. The van der Waals surface area contributed by atoms with Crippen LogP contribution in [0.1, 0.15) is 0 Å². The third-order valence-electron chi connectivity index (χ3n) is 0.318. The van der Waals surface area contributed by atoms with Crippen molar-refractivity contribution < 1.29 is 22.2 Å². The van der Waals surface area contributed by atoms with E-state index in [1.54, 1.807) is 0 Å². The molecule has 0 spiro atoms. The predicted molar refractivity (Wildman–Crippen MR) is 22.3 cm³/mol. The molecule has 1 unspecified atom stereocenters. The van der Waals surface area contributed by atoms with Gasteiger partial charge in [0.25, 0.3) is 11.0 Å². The average Bonchev–Trinajstić information content (AvgIpc) is 1.64. The number of carbonyl (C=O) groups excluding carboxylic acids is 1. The maximum absolute atomic E-state index is 11.1. The van der Waals surface area contributed by atoms with Crippen molar-refractivity contribution in [3.05, 3.63) is 0 Å². The third-order valence-corrected chi connectivity index (χ3v) is 0.955. The molecule has 0 rings (SSSR count). The zero-order valence-electron chi connectivity index (χ0n) is 3.81. The molecule has 3 nitrogen and oxygen atoms in total. The first kappa shape index (κ1) is 8.32. The van der Waals surface area contributed by atoms with Gasteiger partial charge in [-0.25, -0.2) is 9.00 Å². The molecule has 7 heteroatoms. The fraction of sp³-hybridized carbons (Fsp3) is 0.500. The quantitative estimate of drug-likeness (QED) is 0.413. The second-order valence-electron chi connectivity index (χ2n) is 0.877. The van der Waals surface area contributed by atoms with E-state index in [4.69, 9.17) is 4.79 Å². The molecule has 0 aromatic rings. The number of hydrogen-bond donors (Lipinski definition) is 0. The Balaban J connectivity index is 4.22. The summed E-state index contributed by atoms with van der Waals surface area (Å²) >= 11 is 0. The van der Waals surface area contributed by atoms with Crippen LogP contribution in [0.5, 0.6) is 0 Å². The summed E-state index contributed by atoms with van der Waals surface area (Å²) in [7, 11) is -3.44. The molecule has 0 saturated heterocycles. The van der Waals surface area contributed by atoms with E-state index in [-0.39, 0.29) is 0 Å². The van der Waals surface area contributed by atoms with Crippen molar-refractivity contribution in [1.29, 1.82) is 0 Å². The highest BCUT2D eigenvalue weighted by molar-refractivity contribution is 7.84. The van der Waals surface area contributed by atoms with Gasteiger partial charge < -0.3 is 0 Å². The van der Waals surface area contributed by atoms with Gasteiger partial charge in [-0.3, -0.25) is 0 Å². The standard InChI is InChI=1S/C2F3NO2S/c3-2(4,5)9(8)6-1-7. The molecule has 0 aromatic carbocycles. The van der Waals surface area contributed by atoms with E-state index >= 15 is 0 Å². The van der Waals surface area contributed by atoms with E-state index in [2.05, 4.69) is 0 Å². The van der Waals surface area contributed by atoms with Crippen molar-refractivity contribution in [2.45, 2.75) is 5.51 Å². The lowest BCUT2D eigenvalue weighted by Crippen LogP contribution is -2.13. The molecular weight excluding hydrogens is 159 g/mol. The first-order valence-electron chi connectivity index (χ1n) is 1.55. The highest BCUT2D eigenvalue weighted by atomic mass is 32.2. The van der Waals surface area contributed by atoms with Crippen molar-refractivity contribution in [3.63, 3.8) is 0 Å². The molecule has 0 aliphatic rings. The van der Waals surface area contributed by atoms with E-state index in [1.807, 2.05) is 4.40 Å². The van der Waals surface area contributed by atoms with Crippen molar-refractivity contribution >= 4 is 17.1 Å². The van der Waals surface area contributed by atoms with Gasteiger partial charge in [0.2, 0.25) is 6.08 Å². The minimum Gasteiger partial charge on any atom is -0.225 e. The summed E-state index contributed by atoms with van der Waals surface area (Å²) < 4.78 is 44.7. The molecule has 0 heterocycles. The Morgan fingerprint density at radius 1 is 1.44 bits per heavy atom. The lowest BCUT2D eigenvalue weighted by Gasteiger charge is -1.95. The van der Waals surface area contributed by atoms with Crippen LogP contribution in [0.3, 0.4) is 0 Å². The normalized spacial score (nSPS) is 14.1. The summed E-state index contributed by atoms with van der Waals surface area (Å²) in [5.41, 5.74) is -4.95. The highest BCUT2D eigenvalue weighted by Crippen LogP contribution is 2.19. The monoisotopic (exact) mass is 159 g/mol. The fourth-order valence-corrected chi connectivity index (χ4v) is 0.257. The Labute approximate surface area is 50.2 Å². The van der Waals surface area contributed by atoms with Crippen molar-refractivity contribution in [2.24, 2.45) is 4.40 Å². The first-order valence-corrected chi connectivity index (χ1v) is 2.65. The Morgan fingerprint density at radius 3 is 2.00 bits per heavy atom. The van der Waals surface area contributed by atoms with Crippen LogP contribution >= 0.6 is 0 Å². The smallest absolute Gasteiger partial charge is 0.225 e. The summed E-state index contributed by atoms with van der Waals surface area (Å²) in [6.45, 7) is 0. The van der Waals surface area contributed by atoms with Gasteiger partial charge >= 0.3 is 5.51 Å². The zero-order valence-corrected chi connectivity index (χ0v) is 4.62. The predicted octanol–water partition coefficient (Wildman–Crippen LogP) is 0.506. The van der Waals surface area contributed by atoms with E-state index in [1.165, 1.54) is 0 Å². The number of alkyl halides is 3. The Morgan fingerprint density at radius 2 is 1.89 bits per heavy atom. The lowest BCUT2D eigenvalue weighted by molar-refractivity contribution is -0.0384. The Bertz CT molecular complexity index is 169. The van der Waals surface area contributed by atoms with Gasteiger partial charge in [0, 0.05) is 0 Å². The minimum absolute atomic E-state index is 0.529. The maximum atomic E-state index is 11.1. The van der Waals surface area contributed by atoms with Crippen LogP contribution in [0.2, 0.25) is 0 Å². The molecule has 0 fully saturated rings. The van der Waals surface area contributed by atoms with Gasteiger partial charge in [-0.15, -0.1) is 0 Å². The van der Waals surface area contributed by atoms with Crippen LogP contribution in [0.15, 0.2) is 4.40 Å². The van der Waals surface area contributed by atoms with Gasteiger partial charge in [-0.1, -0.05) is 4.40 Å². The van der Waals surface area contributed by atoms with Crippen LogP contribution in [0, 0.1) is 0 Å². The molecule has 9 heavy (non-hydrogen) atoms. The van der Waals surface area contributed by atoms with Gasteiger partial charge in [-0.05, 0) is 0 Å². The Hall–Kier alpha value is -0.680. The summed E-state index contributed by atoms with van der Waals surface area (Å²) in [6, 6.07) is 0. The van der Waals surface area contributed by atoms with E-state index in [0.717, 1.165) is 0 Å². The van der Waals surface area contributed by atoms with E-state index < -0.39 is 16.5 Å². The molecule has 0 N–H and O–H groups in total. The Kier molecular flexibility index (Phi) is 2.54. The maximum Gasteiger partial charge on any atom is 0.493 e. The molecule has 1 atom stereocenters. The number of hydrogen-bond acceptors (Lipinski definition) is 2. The zero-order chi connectivity index (χ0) is 7.49. The molecule has 52 valence electrons. The fourth-order valence-electron chi connectivity index (χ4n) is 0.0856. The van der Waals surface area contributed by atoms with Crippen LogP contribution in [-0.2, 0) is 15.8 Å². The number of isocyanates is 1. The van der Waals surface area contributed by atoms with E-state index in [0.29, 0.717) is 6.08 Å². The largest absolute Gasteiger partial charge is 0.493 e. The minimum atomic E-state index is -4.95. The van der Waals surface area contributed by atoms with Crippen molar-refractivity contribution in [2.75, 3.05) is 0 Å². The summed E-state index contributed by atoms with van der Waals surface area (Å²) in [6.07, 6.45) is 0.529. The number of rotatable bonds is 1. The molecule has 0 saturated carbocycles. The molecule has 0 radical (unpaired) electrons. The molecular formula is C2F3NO2S. The highest BCUT2D eigenvalue weighted by Gasteiger charge is 2.37. The summed E-state index contributed by atoms with van der Waals surface area (Å²) in [5.74, 6) is 0. The van der Waals surface area contributed by atoms with Gasteiger partial charge in [0.05, 0.1) is 0 Å². The van der Waals surface area contributed by atoms with Crippen LogP contribution in [0.25, 0.3) is 0 Å². The average molecular weight is 159 g/mol. The second-order valence-corrected chi connectivity index (χ2v) is 2.02. The third kappa shape index (κ3) is 2.99. The molecule has 0 aliphatic heterocycles.